The zero-order chi connectivity index (χ0) is 10.2. The third kappa shape index (κ3) is 4.25. The molecule has 0 saturated carbocycles. The van der Waals surface area contributed by atoms with E-state index in [0.29, 0.717) is 5.92 Å². The molecule has 0 aromatic rings. The number of rotatable bonds is 6. The Bertz CT molecular complexity index is 171. The van der Waals surface area contributed by atoms with E-state index >= 15 is 0 Å². The van der Waals surface area contributed by atoms with Crippen LogP contribution in [0.15, 0.2) is 11.6 Å². The molecule has 0 aromatic carbocycles. The Kier molecular flexibility index (Phi) is 5.88. The first-order valence-electron chi connectivity index (χ1n) is 5.79. The molecular weight excluding hydrogens is 174 g/mol. The Labute approximate surface area is 87.7 Å². The first-order valence-corrected chi connectivity index (χ1v) is 5.79. The molecule has 1 N–H and O–H groups in total. The van der Waals surface area contributed by atoms with Crippen LogP contribution in [0, 0.1) is 5.92 Å². The smallest absolute Gasteiger partial charge is 0.0532 e. The van der Waals surface area contributed by atoms with Gasteiger partial charge in [-0.15, -0.1) is 0 Å². The normalized spacial score (nSPS) is 23.0. The summed E-state index contributed by atoms with van der Waals surface area (Å²) in [7, 11) is 0. The molecule has 0 aromatic heterocycles. The van der Waals surface area contributed by atoms with Gasteiger partial charge in [0.05, 0.1) is 6.61 Å². The maximum atomic E-state index is 5.37. The molecule has 1 heterocycles. The second kappa shape index (κ2) is 7.02. The fourth-order valence-electron chi connectivity index (χ4n) is 1.76. The van der Waals surface area contributed by atoms with Crippen LogP contribution < -0.4 is 5.32 Å². The van der Waals surface area contributed by atoms with Gasteiger partial charge < -0.3 is 10.1 Å². The van der Waals surface area contributed by atoms with Crippen LogP contribution in [0.1, 0.15) is 33.1 Å². The van der Waals surface area contributed by atoms with Gasteiger partial charge in [-0.1, -0.05) is 18.6 Å². The highest BCUT2D eigenvalue weighted by Crippen LogP contribution is 2.20. The fraction of sp³-hybridized carbons (Fsp3) is 0.833. The Morgan fingerprint density at radius 3 is 3.00 bits per heavy atom. The highest BCUT2D eigenvalue weighted by Gasteiger charge is 2.16. The third-order valence-corrected chi connectivity index (χ3v) is 2.79. The molecule has 1 unspecified atom stereocenters. The average molecular weight is 197 g/mol. The van der Waals surface area contributed by atoms with E-state index in [4.69, 9.17) is 4.74 Å². The maximum Gasteiger partial charge on any atom is 0.0532 e. The van der Waals surface area contributed by atoms with Crippen molar-refractivity contribution in [2.75, 3.05) is 26.3 Å². The highest BCUT2D eigenvalue weighted by atomic mass is 16.5. The van der Waals surface area contributed by atoms with Gasteiger partial charge in [-0.3, -0.25) is 0 Å². The van der Waals surface area contributed by atoms with Crippen molar-refractivity contribution in [1.29, 1.82) is 0 Å². The largest absolute Gasteiger partial charge is 0.381 e. The minimum Gasteiger partial charge on any atom is -0.381 e. The Morgan fingerprint density at radius 2 is 2.36 bits per heavy atom. The molecule has 82 valence electrons. The predicted octanol–water partition coefficient (Wildman–Crippen LogP) is 2.36. The topological polar surface area (TPSA) is 21.3 Å². The van der Waals surface area contributed by atoms with E-state index in [1.165, 1.54) is 18.4 Å². The van der Waals surface area contributed by atoms with Crippen molar-refractivity contribution in [1.82, 2.24) is 5.32 Å². The fourth-order valence-corrected chi connectivity index (χ4v) is 1.76. The van der Waals surface area contributed by atoms with Gasteiger partial charge in [0.15, 0.2) is 0 Å². The molecule has 0 radical (unpaired) electrons. The summed E-state index contributed by atoms with van der Waals surface area (Å²) in [6.45, 7) is 8.57. The minimum atomic E-state index is 0.696. The molecule has 0 amide bonds. The van der Waals surface area contributed by atoms with Gasteiger partial charge in [0.2, 0.25) is 0 Å². The van der Waals surface area contributed by atoms with E-state index in [-0.39, 0.29) is 0 Å². The molecule has 1 saturated heterocycles. The quantitative estimate of drug-likeness (QED) is 0.521. The van der Waals surface area contributed by atoms with E-state index in [2.05, 4.69) is 25.2 Å². The van der Waals surface area contributed by atoms with Crippen molar-refractivity contribution < 1.29 is 4.74 Å². The Morgan fingerprint density at radius 1 is 1.50 bits per heavy atom. The first-order chi connectivity index (χ1) is 6.84. The molecule has 2 heteroatoms. The molecule has 0 aliphatic carbocycles. The van der Waals surface area contributed by atoms with Crippen LogP contribution in [0.2, 0.25) is 0 Å². The molecular formula is C12H23NO. The van der Waals surface area contributed by atoms with Gasteiger partial charge in [-0.2, -0.15) is 0 Å². The van der Waals surface area contributed by atoms with Gasteiger partial charge in [0, 0.05) is 12.5 Å². The summed E-state index contributed by atoms with van der Waals surface area (Å²) in [4.78, 5) is 0. The zero-order valence-electron chi connectivity index (χ0n) is 9.51. The van der Waals surface area contributed by atoms with Crippen molar-refractivity contribution in [3.8, 4) is 0 Å². The van der Waals surface area contributed by atoms with Crippen molar-refractivity contribution >= 4 is 0 Å². The molecule has 2 nitrogen and oxygen atoms in total. The molecule has 1 atom stereocenters. The summed E-state index contributed by atoms with van der Waals surface area (Å²) in [6.07, 6.45) is 5.95. The SMILES string of the molecule is CCCNCCC=C(C)C1CCOC1. The van der Waals surface area contributed by atoms with Gasteiger partial charge in [-0.25, -0.2) is 0 Å². The summed E-state index contributed by atoms with van der Waals surface area (Å²) in [5.41, 5.74) is 1.51. The molecule has 14 heavy (non-hydrogen) atoms. The van der Waals surface area contributed by atoms with E-state index in [1.54, 1.807) is 0 Å². The van der Waals surface area contributed by atoms with Gasteiger partial charge in [0.25, 0.3) is 0 Å². The van der Waals surface area contributed by atoms with Crippen LogP contribution in [-0.2, 0) is 4.74 Å². The van der Waals surface area contributed by atoms with Crippen LogP contribution in [0.25, 0.3) is 0 Å². The minimum absolute atomic E-state index is 0.696. The van der Waals surface area contributed by atoms with Crippen LogP contribution in [0.3, 0.4) is 0 Å². The number of nitrogens with one attached hydrogen (secondary N) is 1. The van der Waals surface area contributed by atoms with Gasteiger partial charge in [-0.05, 0) is 39.3 Å². The molecule has 1 aliphatic rings. The highest BCUT2D eigenvalue weighted by molar-refractivity contribution is 5.04. The van der Waals surface area contributed by atoms with E-state index in [0.717, 1.165) is 32.7 Å². The number of hydrogen-bond acceptors (Lipinski definition) is 2. The number of ether oxygens (including phenoxy) is 1. The second-order valence-corrected chi connectivity index (χ2v) is 4.05. The second-order valence-electron chi connectivity index (χ2n) is 4.05. The average Bonchev–Trinajstić information content (AvgIpc) is 2.70. The molecule has 0 spiro atoms. The van der Waals surface area contributed by atoms with Gasteiger partial charge >= 0.3 is 0 Å². The lowest BCUT2D eigenvalue weighted by atomic mass is 9.99. The van der Waals surface area contributed by atoms with E-state index in [1.807, 2.05) is 0 Å². The van der Waals surface area contributed by atoms with Crippen LogP contribution in [-0.4, -0.2) is 26.3 Å². The van der Waals surface area contributed by atoms with Gasteiger partial charge in [0.1, 0.15) is 0 Å². The van der Waals surface area contributed by atoms with Crippen molar-refractivity contribution in [3.63, 3.8) is 0 Å². The number of hydrogen-bond donors (Lipinski definition) is 1. The van der Waals surface area contributed by atoms with Crippen LogP contribution in [0.5, 0.6) is 0 Å². The van der Waals surface area contributed by atoms with Crippen LogP contribution >= 0.6 is 0 Å². The summed E-state index contributed by atoms with van der Waals surface area (Å²) < 4.78 is 5.37. The van der Waals surface area contributed by atoms with Crippen molar-refractivity contribution in [2.45, 2.75) is 33.1 Å². The molecule has 0 bridgehead atoms. The maximum absolute atomic E-state index is 5.37. The summed E-state index contributed by atoms with van der Waals surface area (Å²) in [6, 6.07) is 0. The summed E-state index contributed by atoms with van der Waals surface area (Å²) in [5.74, 6) is 0.696. The standard InChI is InChI=1S/C12H23NO/c1-3-7-13-8-4-5-11(2)12-6-9-14-10-12/h5,12-13H,3-4,6-10H2,1-2H3. The predicted molar refractivity (Wildman–Crippen MR) is 60.5 cm³/mol. The lowest BCUT2D eigenvalue weighted by Crippen LogP contribution is -2.15. The molecule has 1 aliphatic heterocycles. The summed E-state index contributed by atoms with van der Waals surface area (Å²) in [5, 5.41) is 3.41. The van der Waals surface area contributed by atoms with Crippen LogP contribution in [0.4, 0.5) is 0 Å². The third-order valence-electron chi connectivity index (χ3n) is 2.79. The zero-order valence-corrected chi connectivity index (χ0v) is 9.51. The van der Waals surface area contributed by atoms with E-state index < -0.39 is 0 Å². The monoisotopic (exact) mass is 197 g/mol. The first kappa shape index (κ1) is 11.7. The van der Waals surface area contributed by atoms with Crippen molar-refractivity contribution in [2.24, 2.45) is 5.92 Å². The van der Waals surface area contributed by atoms with Crippen molar-refractivity contribution in [3.05, 3.63) is 11.6 Å². The lowest BCUT2D eigenvalue weighted by Gasteiger charge is -2.08. The summed E-state index contributed by atoms with van der Waals surface area (Å²) >= 11 is 0. The lowest BCUT2D eigenvalue weighted by molar-refractivity contribution is 0.190. The Balaban J connectivity index is 2.09. The van der Waals surface area contributed by atoms with E-state index in [9.17, 15) is 0 Å². The Hall–Kier alpha value is -0.340. The molecule has 1 fully saturated rings. The molecule has 1 rings (SSSR count).